The summed E-state index contributed by atoms with van der Waals surface area (Å²) >= 11 is 5.93. The van der Waals surface area contributed by atoms with Gasteiger partial charge in [0.15, 0.2) is 0 Å². The van der Waals surface area contributed by atoms with E-state index in [0.717, 1.165) is 5.02 Å². The fourth-order valence-corrected chi connectivity index (χ4v) is 1.68. The van der Waals surface area contributed by atoms with E-state index in [2.05, 4.69) is 37.3 Å². The van der Waals surface area contributed by atoms with Crippen molar-refractivity contribution < 1.29 is 0 Å². The van der Waals surface area contributed by atoms with Crippen LogP contribution in [0.1, 0.15) is 19.4 Å². The maximum absolute atomic E-state index is 5.93. The molecule has 0 nitrogen and oxygen atoms in total. The second-order valence-corrected chi connectivity index (χ2v) is 3.82. The van der Waals surface area contributed by atoms with Gasteiger partial charge in [-0.3, -0.25) is 0 Å². The molecule has 1 heteroatoms. The van der Waals surface area contributed by atoms with Crippen LogP contribution in [-0.2, 0) is 0 Å². The number of hydrogen-bond acceptors (Lipinski definition) is 0. The quantitative estimate of drug-likeness (QED) is 0.623. The lowest BCUT2D eigenvalue weighted by Gasteiger charge is -2.02. The van der Waals surface area contributed by atoms with Crippen LogP contribution >= 0.6 is 11.6 Å². The van der Waals surface area contributed by atoms with E-state index < -0.39 is 0 Å². The first-order valence-electron chi connectivity index (χ1n) is 5.58. The van der Waals surface area contributed by atoms with Crippen molar-refractivity contribution in [2.45, 2.75) is 20.8 Å². The van der Waals surface area contributed by atoms with Gasteiger partial charge in [-0.2, -0.15) is 0 Å². The minimum atomic E-state index is 0.781. The standard InChI is InChI=1S/C13H11Cl.C2H6/c1-10-4-2-5-11(8-10)12-6-3-7-13(14)9-12;1-2/h2-9H,1H3;1-2H3. The summed E-state index contributed by atoms with van der Waals surface area (Å²) in [4.78, 5) is 0. The van der Waals surface area contributed by atoms with Crippen LogP contribution in [0, 0.1) is 6.92 Å². The highest BCUT2D eigenvalue weighted by molar-refractivity contribution is 6.30. The molecule has 0 amide bonds. The maximum Gasteiger partial charge on any atom is 0.0412 e. The Morgan fingerprint density at radius 2 is 1.38 bits per heavy atom. The highest BCUT2D eigenvalue weighted by Crippen LogP contribution is 2.23. The van der Waals surface area contributed by atoms with Crippen molar-refractivity contribution >= 4 is 11.6 Å². The first-order chi connectivity index (χ1) is 7.75. The van der Waals surface area contributed by atoms with Crippen LogP contribution in [0.3, 0.4) is 0 Å². The van der Waals surface area contributed by atoms with E-state index >= 15 is 0 Å². The smallest absolute Gasteiger partial charge is 0.0412 e. The van der Waals surface area contributed by atoms with Crippen molar-refractivity contribution in [2.75, 3.05) is 0 Å². The minimum absolute atomic E-state index is 0.781. The van der Waals surface area contributed by atoms with Gasteiger partial charge in [-0.1, -0.05) is 67.4 Å². The molecule has 0 heterocycles. The van der Waals surface area contributed by atoms with Crippen molar-refractivity contribution in [2.24, 2.45) is 0 Å². The van der Waals surface area contributed by atoms with Crippen LogP contribution in [0.5, 0.6) is 0 Å². The normalized spacial score (nSPS) is 9.25. The maximum atomic E-state index is 5.93. The average molecular weight is 233 g/mol. The Hall–Kier alpha value is -1.27. The van der Waals surface area contributed by atoms with Crippen LogP contribution in [0.15, 0.2) is 48.5 Å². The van der Waals surface area contributed by atoms with Crippen LogP contribution in [0.25, 0.3) is 11.1 Å². The molecule has 0 aliphatic rings. The van der Waals surface area contributed by atoms with Crippen LogP contribution in [0.2, 0.25) is 5.02 Å². The Morgan fingerprint density at radius 3 is 1.94 bits per heavy atom. The molecule has 0 unspecified atom stereocenters. The third-order valence-electron chi connectivity index (χ3n) is 2.18. The number of rotatable bonds is 1. The Morgan fingerprint density at radius 1 is 0.812 bits per heavy atom. The molecule has 16 heavy (non-hydrogen) atoms. The van der Waals surface area contributed by atoms with Gasteiger partial charge in [0.1, 0.15) is 0 Å². The topological polar surface area (TPSA) is 0 Å². The fourth-order valence-electron chi connectivity index (χ4n) is 1.49. The summed E-state index contributed by atoms with van der Waals surface area (Å²) in [5.41, 5.74) is 3.65. The van der Waals surface area contributed by atoms with Crippen molar-refractivity contribution in [1.82, 2.24) is 0 Å². The zero-order valence-corrected chi connectivity index (χ0v) is 10.8. The van der Waals surface area contributed by atoms with Gasteiger partial charge >= 0.3 is 0 Å². The molecule has 0 N–H and O–H groups in total. The Kier molecular flexibility index (Phi) is 5.07. The van der Waals surface area contributed by atoms with Gasteiger partial charge < -0.3 is 0 Å². The predicted molar refractivity (Wildman–Crippen MR) is 73.0 cm³/mol. The van der Waals surface area contributed by atoms with E-state index in [1.807, 2.05) is 32.0 Å². The number of benzene rings is 2. The lowest BCUT2D eigenvalue weighted by atomic mass is 10.0. The van der Waals surface area contributed by atoms with Crippen molar-refractivity contribution in [3.8, 4) is 11.1 Å². The lowest BCUT2D eigenvalue weighted by Crippen LogP contribution is -1.78. The third-order valence-corrected chi connectivity index (χ3v) is 2.41. The SMILES string of the molecule is CC.Cc1cccc(-c2cccc(Cl)c2)c1. The van der Waals surface area contributed by atoms with E-state index in [1.54, 1.807) is 0 Å². The largest absolute Gasteiger partial charge is 0.0843 e. The third kappa shape index (κ3) is 3.39. The molecule has 84 valence electrons. The summed E-state index contributed by atoms with van der Waals surface area (Å²) < 4.78 is 0. The van der Waals surface area contributed by atoms with Crippen molar-refractivity contribution in [3.63, 3.8) is 0 Å². The van der Waals surface area contributed by atoms with Gasteiger partial charge in [-0.25, -0.2) is 0 Å². The van der Waals surface area contributed by atoms with Gasteiger partial charge in [0.2, 0.25) is 0 Å². The molecular weight excluding hydrogens is 216 g/mol. The molecule has 2 aromatic carbocycles. The predicted octanol–water partition coefficient (Wildman–Crippen LogP) is 5.34. The van der Waals surface area contributed by atoms with E-state index in [4.69, 9.17) is 11.6 Å². The molecular formula is C15H17Cl. The zero-order valence-electron chi connectivity index (χ0n) is 10.00. The summed E-state index contributed by atoms with van der Waals surface area (Å²) in [6, 6.07) is 16.3. The average Bonchev–Trinajstić information content (AvgIpc) is 2.32. The van der Waals surface area contributed by atoms with E-state index in [9.17, 15) is 0 Å². The van der Waals surface area contributed by atoms with Gasteiger partial charge in [-0.15, -0.1) is 0 Å². The van der Waals surface area contributed by atoms with Crippen LogP contribution < -0.4 is 0 Å². The summed E-state index contributed by atoms with van der Waals surface area (Å²) in [7, 11) is 0. The van der Waals surface area contributed by atoms with Gasteiger partial charge in [0.25, 0.3) is 0 Å². The van der Waals surface area contributed by atoms with Crippen molar-refractivity contribution in [1.29, 1.82) is 0 Å². The Labute approximate surface area is 103 Å². The molecule has 0 aromatic heterocycles. The molecule has 0 aliphatic heterocycles. The molecule has 2 aromatic rings. The van der Waals surface area contributed by atoms with Gasteiger partial charge in [0.05, 0.1) is 0 Å². The van der Waals surface area contributed by atoms with Gasteiger partial charge in [-0.05, 0) is 30.2 Å². The second kappa shape index (κ2) is 6.34. The summed E-state index contributed by atoms with van der Waals surface area (Å²) in [5, 5.41) is 0.781. The Balaban J connectivity index is 0.000000606. The first kappa shape index (κ1) is 12.8. The monoisotopic (exact) mass is 232 g/mol. The van der Waals surface area contributed by atoms with Gasteiger partial charge in [0, 0.05) is 5.02 Å². The molecule has 0 saturated heterocycles. The first-order valence-corrected chi connectivity index (χ1v) is 5.96. The van der Waals surface area contributed by atoms with Crippen molar-refractivity contribution in [3.05, 3.63) is 59.1 Å². The molecule has 0 bridgehead atoms. The highest BCUT2D eigenvalue weighted by atomic mass is 35.5. The van der Waals surface area contributed by atoms with E-state index in [1.165, 1.54) is 16.7 Å². The number of aryl methyl sites for hydroxylation is 1. The van der Waals surface area contributed by atoms with E-state index in [-0.39, 0.29) is 0 Å². The highest BCUT2D eigenvalue weighted by Gasteiger charge is 1.97. The molecule has 0 aliphatic carbocycles. The summed E-state index contributed by atoms with van der Waals surface area (Å²) in [6.45, 7) is 6.09. The lowest BCUT2D eigenvalue weighted by molar-refractivity contribution is 1.47. The fraction of sp³-hybridized carbons (Fsp3) is 0.200. The van der Waals surface area contributed by atoms with Crippen LogP contribution in [0.4, 0.5) is 0 Å². The molecule has 2 rings (SSSR count). The molecule has 0 radical (unpaired) electrons. The summed E-state index contributed by atoms with van der Waals surface area (Å²) in [6.07, 6.45) is 0. The second-order valence-electron chi connectivity index (χ2n) is 3.38. The van der Waals surface area contributed by atoms with Crippen LogP contribution in [-0.4, -0.2) is 0 Å². The number of hydrogen-bond donors (Lipinski definition) is 0. The summed E-state index contributed by atoms with van der Waals surface area (Å²) in [5.74, 6) is 0. The Bertz CT molecular complexity index is 403. The number of halogens is 1. The molecule has 0 saturated carbocycles. The molecule has 0 fully saturated rings. The molecule has 0 spiro atoms. The molecule has 0 atom stereocenters. The van der Waals surface area contributed by atoms with E-state index in [0.29, 0.717) is 0 Å². The zero-order chi connectivity index (χ0) is 12.0. The minimum Gasteiger partial charge on any atom is -0.0843 e.